The van der Waals surface area contributed by atoms with Crippen molar-refractivity contribution in [2.24, 2.45) is 11.8 Å². The Bertz CT molecular complexity index is 3820. The molecule has 4 aromatic heterocycles. The maximum absolute atomic E-state index is 11.1. The van der Waals surface area contributed by atoms with Gasteiger partial charge in [-0.3, -0.25) is 0 Å². The molecule has 6 bridgehead atoms. The molecular weight excluding hydrogens is 775 g/mol. The van der Waals surface area contributed by atoms with Crippen LogP contribution in [0.15, 0.2) is 66.7 Å². The van der Waals surface area contributed by atoms with Gasteiger partial charge in [-0.25, -0.2) is 0 Å². The largest absolute Gasteiger partial charge is 0.308 e. The predicted octanol–water partition coefficient (Wildman–Crippen LogP) is 16.5. The van der Waals surface area contributed by atoms with E-state index in [2.05, 4.69) is 137 Å². The van der Waals surface area contributed by atoms with Gasteiger partial charge < -0.3 is 8.80 Å². The van der Waals surface area contributed by atoms with Crippen molar-refractivity contribution < 1.29 is 0 Å². The minimum Gasteiger partial charge on any atom is -0.308 e. The van der Waals surface area contributed by atoms with E-state index >= 15 is 0 Å². The molecule has 3 nitrogen and oxygen atoms in total. The maximum atomic E-state index is 11.1. The quantitative estimate of drug-likeness (QED) is 0.150. The van der Waals surface area contributed by atoms with E-state index in [4.69, 9.17) is 0 Å². The van der Waals surface area contributed by atoms with Crippen molar-refractivity contribution in [3.63, 3.8) is 0 Å². The molecule has 318 valence electrons. The van der Waals surface area contributed by atoms with E-state index in [1.54, 1.807) is 16.7 Å². The lowest BCUT2D eigenvalue weighted by atomic mass is 9.62. The molecule has 0 spiro atoms. The Morgan fingerprint density at radius 2 is 1.17 bits per heavy atom. The molecule has 0 aliphatic heterocycles. The minimum absolute atomic E-state index is 0.00551. The molecule has 10 aromatic rings. The van der Waals surface area contributed by atoms with Crippen LogP contribution < -0.4 is 0 Å². The molecule has 7 aliphatic rings. The van der Waals surface area contributed by atoms with Gasteiger partial charge in [0.15, 0.2) is 0 Å². The standard InChI is InChI=1S/C61H59N3/c1-58(2,3)37-10-11-39-33(23-37)24-42-40-28-47-41(29-48(40)64-49-25-36(30-62)50-34-19-31-18-32(20-34)22-35(21-31)51(50)54(49)53(39)57(42)64)43-26-38(59(4,5)6)27-44-52-46(63(47)56(43)44)13-12-45-55(52)61(8)15-9-14-60(45,7)16-17-61/h10-13,23-29,31-32,34-35H,9,14-22H2,1-8H3. The van der Waals surface area contributed by atoms with Crippen molar-refractivity contribution in [1.29, 1.82) is 5.26 Å². The molecule has 3 saturated carbocycles. The molecule has 64 heavy (non-hydrogen) atoms. The number of aromatic nitrogens is 2. The zero-order chi connectivity index (χ0) is 43.3. The summed E-state index contributed by atoms with van der Waals surface area (Å²) in [6.07, 6.45) is 12.9. The van der Waals surface area contributed by atoms with E-state index < -0.39 is 0 Å². The second kappa shape index (κ2) is 11.4. The molecule has 3 heteroatoms. The minimum atomic E-state index is -0.00551. The van der Waals surface area contributed by atoms with Crippen molar-refractivity contribution in [1.82, 2.24) is 8.80 Å². The SMILES string of the molecule is CC(C)(C)c1ccc2c(c1)cc1c3cc4c(cc3n3c5cc(C#N)c6c(c5c2c13)C1CC2CC(CC6C2)C1)c1cc(C(C)(C)C)cc2c3c5c(ccc3n4c12)C1(C)CCCC5(C)CC1. The van der Waals surface area contributed by atoms with Crippen LogP contribution in [0.1, 0.15) is 170 Å². The van der Waals surface area contributed by atoms with Crippen LogP contribution in [-0.4, -0.2) is 8.80 Å². The van der Waals surface area contributed by atoms with E-state index in [1.807, 2.05) is 0 Å². The molecule has 17 rings (SSSR count). The number of rotatable bonds is 0. The second-order valence-corrected chi connectivity index (χ2v) is 25.0. The summed E-state index contributed by atoms with van der Waals surface area (Å²) in [5, 5.41) is 25.1. The first-order chi connectivity index (χ1) is 30.6. The third kappa shape index (κ3) is 4.32. The van der Waals surface area contributed by atoms with Gasteiger partial charge in [-0.2, -0.15) is 5.26 Å². The highest BCUT2D eigenvalue weighted by molar-refractivity contribution is 6.34. The third-order valence-electron chi connectivity index (χ3n) is 19.2. The molecule has 0 radical (unpaired) electrons. The first-order valence-electron chi connectivity index (χ1n) is 25.0. The number of nitrogens with zero attached hydrogens (tertiary/aromatic N) is 3. The highest BCUT2D eigenvalue weighted by atomic mass is 14.9. The molecule has 4 heterocycles. The fraction of sp³-hybridized carbons (Fsp3) is 0.426. The van der Waals surface area contributed by atoms with Crippen molar-refractivity contribution in [3.05, 3.63) is 106 Å². The lowest BCUT2D eigenvalue weighted by Crippen LogP contribution is -2.34. The average Bonchev–Trinajstić information content (AvgIpc) is 3.88. The first-order valence-corrected chi connectivity index (χ1v) is 25.0. The van der Waals surface area contributed by atoms with Gasteiger partial charge in [0.1, 0.15) is 0 Å². The number of hydrogen-bond acceptors (Lipinski definition) is 1. The molecule has 6 aromatic carbocycles. The topological polar surface area (TPSA) is 32.6 Å². The number of nitriles is 1. The van der Waals surface area contributed by atoms with Gasteiger partial charge in [-0.15, -0.1) is 0 Å². The Balaban J connectivity index is 1.15. The Morgan fingerprint density at radius 3 is 1.88 bits per heavy atom. The van der Waals surface area contributed by atoms with Gasteiger partial charge in [-0.1, -0.05) is 86.1 Å². The molecule has 0 amide bonds. The van der Waals surface area contributed by atoms with Crippen LogP contribution in [0.5, 0.6) is 0 Å². The van der Waals surface area contributed by atoms with E-state index in [9.17, 15) is 5.26 Å². The summed E-state index contributed by atoms with van der Waals surface area (Å²) in [4.78, 5) is 0. The van der Waals surface area contributed by atoms with E-state index in [0.29, 0.717) is 11.8 Å². The predicted molar refractivity (Wildman–Crippen MR) is 269 cm³/mol. The summed E-state index contributed by atoms with van der Waals surface area (Å²) in [7, 11) is 0. The maximum Gasteiger partial charge on any atom is 0.0995 e. The Labute approximate surface area is 376 Å². The Morgan fingerprint density at radius 1 is 0.531 bits per heavy atom. The lowest BCUT2D eigenvalue weighted by molar-refractivity contribution is 0.166. The van der Waals surface area contributed by atoms with Gasteiger partial charge >= 0.3 is 0 Å². The highest BCUT2D eigenvalue weighted by Gasteiger charge is 2.47. The molecule has 3 fully saturated rings. The molecule has 0 saturated heterocycles. The molecular formula is C61H59N3. The van der Waals surface area contributed by atoms with Crippen LogP contribution in [0, 0.1) is 23.2 Å². The Kier molecular flexibility index (Phi) is 6.56. The summed E-state index contributed by atoms with van der Waals surface area (Å²) in [5.74, 6) is 2.60. The van der Waals surface area contributed by atoms with Gasteiger partial charge in [0.2, 0.25) is 0 Å². The Hall–Kier alpha value is -5.33. The average molecular weight is 834 g/mol. The number of fused-ring (bicyclic) bond motifs is 17. The fourth-order valence-corrected chi connectivity index (χ4v) is 16.2. The van der Waals surface area contributed by atoms with Gasteiger partial charge in [0, 0.05) is 43.1 Å². The summed E-state index contributed by atoms with van der Waals surface area (Å²) >= 11 is 0. The fourth-order valence-electron chi connectivity index (χ4n) is 16.2. The van der Waals surface area contributed by atoms with Crippen molar-refractivity contribution in [3.8, 4) is 6.07 Å². The lowest BCUT2D eigenvalue weighted by Gasteiger charge is -2.42. The number of benzene rings is 6. The van der Waals surface area contributed by atoms with Gasteiger partial charge in [0.25, 0.3) is 0 Å². The smallest absolute Gasteiger partial charge is 0.0995 e. The first kappa shape index (κ1) is 36.9. The summed E-state index contributed by atoms with van der Waals surface area (Å²) in [6.45, 7) is 19.4. The normalized spacial score (nSPS) is 26.9. The highest BCUT2D eigenvalue weighted by Crippen LogP contribution is 2.61. The van der Waals surface area contributed by atoms with Gasteiger partial charge in [-0.05, 0) is 190 Å². The van der Waals surface area contributed by atoms with Crippen LogP contribution in [0.25, 0.3) is 87.0 Å². The second-order valence-electron chi connectivity index (χ2n) is 25.0. The van der Waals surface area contributed by atoms with Crippen molar-refractivity contribution >= 4 is 87.0 Å². The van der Waals surface area contributed by atoms with E-state index in [0.717, 1.165) is 17.4 Å². The van der Waals surface area contributed by atoms with Crippen LogP contribution in [0.4, 0.5) is 0 Å². The van der Waals surface area contributed by atoms with Crippen LogP contribution >= 0.6 is 0 Å². The zero-order valence-corrected chi connectivity index (χ0v) is 39.1. The van der Waals surface area contributed by atoms with Crippen molar-refractivity contribution in [2.45, 2.75) is 153 Å². The van der Waals surface area contributed by atoms with Crippen LogP contribution in [0.3, 0.4) is 0 Å². The molecule has 4 atom stereocenters. The van der Waals surface area contributed by atoms with Crippen molar-refractivity contribution in [2.75, 3.05) is 0 Å². The summed E-state index contributed by atoms with van der Waals surface area (Å²) in [6, 6.07) is 30.5. The van der Waals surface area contributed by atoms with Crippen LogP contribution in [0.2, 0.25) is 0 Å². The van der Waals surface area contributed by atoms with Crippen LogP contribution in [-0.2, 0) is 21.7 Å². The summed E-state index contributed by atoms with van der Waals surface area (Å²) in [5.41, 5.74) is 18.4. The van der Waals surface area contributed by atoms with E-state index in [1.165, 1.54) is 168 Å². The molecule has 0 N–H and O–H groups in total. The van der Waals surface area contributed by atoms with Gasteiger partial charge in [0.05, 0.1) is 44.7 Å². The van der Waals surface area contributed by atoms with E-state index in [-0.39, 0.29) is 21.7 Å². The zero-order valence-electron chi connectivity index (χ0n) is 39.1. The number of hydrogen-bond donors (Lipinski definition) is 0. The molecule has 4 unspecified atom stereocenters. The third-order valence-corrected chi connectivity index (χ3v) is 19.2. The monoisotopic (exact) mass is 833 g/mol. The molecule has 7 aliphatic carbocycles. The summed E-state index contributed by atoms with van der Waals surface area (Å²) < 4.78 is 5.33.